The van der Waals surface area contributed by atoms with E-state index in [1.54, 1.807) is 18.2 Å². The summed E-state index contributed by atoms with van der Waals surface area (Å²) in [5.74, 6) is 0.0952. The molecule has 3 aromatic rings. The monoisotopic (exact) mass is 452 g/mol. The van der Waals surface area contributed by atoms with Crippen LogP contribution in [0, 0.1) is 6.92 Å². The van der Waals surface area contributed by atoms with Crippen LogP contribution in [0.1, 0.15) is 34.8 Å². The highest BCUT2D eigenvalue weighted by atomic mass is 32.2. The third kappa shape index (κ3) is 5.88. The number of rotatable bonds is 9. The number of anilines is 1. The second-order valence-corrected chi connectivity index (χ2v) is 9.28. The van der Waals surface area contributed by atoms with Crippen LogP contribution in [-0.2, 0) is 16.4 Å². The van der Waals surface area contributed by atoms with Gasteiger partial charge in [-0.15, -0.1) is 0 Å². The van der Waals surface area contributed by atoms with Crippen molar-refractivity contribution in [2.75, 3.05) is 11.8 Å². The minimum atomic E-state index is -3.86. The molecule has 3 rings (SSSR count). The summed E-state index contributed by atoms with van der Waals surface area (Å²) in [6.45, 7) is 3.88. The molecule has 2 N–H and O–H groups in total. The Balaban J connectivity index is 1.86. The molecule has 0 aliphatic rings. The standard InChI is InChI=1S/C25H28N2O4S/c1-4-20(16-19-8-6-5-7-9-19)26-25(28)23-17-21(31-3)12-15-24(23)27-32(29,30)22-13-10-18(2)11-14-22/h5-15,17,20,27H,4,16H2,1-3H3,(H,26,28). The van der Waals surface area contributed by atoms with Crippen LogP contribution in [0.15, 0.2) is 77.7 Å². The summed E-state index contributed by atoms with van der Waals surface area (Å²) in [5.41, 5.74) is 2.47. The van der Waals surface area contributed by atoms with Crippen molar-refractivity contribution in [2.24, 2.45) is 0 Å². The van der Waals surface area contributed by atoms with E-state index in [0.29, 0.717) is 12.2 Å². The number of methoxy groups -OCH3 is 1. The Morgan fingerprint density at radius 1 is 1.00 bits per heavy atom. The van der Waals surface area contributed by atoms with Gasteiger partial charge in [0, 0.05) is 6.04 Å². The lowest BCUT2D eigenvalue weighted by Gasteiger charge is -2.19. The van der Waals surface area contributed by atoms with Gasteiger partial charge in [-0.25, -0.2) is 8.42 Å². The largest absolute Gasteiger partial charge is 0.497 e. The second-order valence-electron chi connectivity index (χ2n) is 7.60. The Labute approximate surface area is 189 Å². The summed E-state index contributed by atoms with van der Waals surface area (Å²) in [6.07, 6.45) is 1.41. The number of carbonyl (C=O) groups excluding carboxylic acids is 1. The first-order chi connectivity index (χ1) is 15.3. The molecule has 0 aliphatic heterocycles. The lowest BCUT2D eigenvalue weighted by atomic mass is 10.0. The van der Waals surface area contributed by atoms with Gasteiger partial charge in [0.1, 0.15) is 5.75 Å². The molecule has 0 aromatic heterocycles. The van der Waals surface area contributed by atoms with E-state index in [4.69, 9.17) is 4.74 Å². The molecule has 3 aromatic carbocycles. The SMILES string of the molecule is CCC(Cc1ccccc1)NC(=O)c1cc(OC)ccc1NS(=O)(=O)c1ccc(C)cc1. The van der Waals surface area contributed by atoms with Gasteiger partial charge in [-0.3, -0.25) is 9.52 Å². The third-order valence-corrected chi connectivity index (χ3v) is 6.58. The molecular weight excluding hydrogens is 424 g/mol. The van der Waals surface area contributed by atoms with Gasteiger partial charge in [-0.05, 0) is 55.7 Å². The normalized spacial score (nSPS) is 12.1. The molecule has 6 nitrogen and oxygen atoms in total. The van der Waals surface area contributed by atoms with Crippen molar-refractivity contribution in [1.82, 2.24) is 5.32 Å². The van der Waals surface area contributed by atoms with Crippen LogP contribution in [0.4, 0.5) is 5.69 Å². The van der Waals surface area contributed by atoms with Crippen LogP contribution < -0.4 is 14.8 Å². The number of hydrogen-bond acceptors (Lipinski definition) is 4. The summed E-state index contributed by atoms with van der Waals surface area (Å²) >= 11 is 0. The molecule has 0 radical (unpaired) electrons. The molecule has 0 saturated heterocycles. The van der Waals surface area contributed by atoms with E-state index in [9.17, 15) is 13.2 Å². The van der Waals surface area contributed by atoms with Crippen molar-refractivity contribution < 1.29 is 17.9 Å². The highest BCUT2D eigenvalue weighted by Gasteiger charge is 2.21. The molecule has 168 valence electrons. The maximum absolute atomic E-state index is 13.2. The van der Waals surface area contributed by atoms with Crippen molar-refractivity contribution in [3.63, 3.8) is 0 Å². The first-order valence-electron chi connectivity index (χ1n) is 10.4. The molecule has 1 atom stereocenters. The van der Waals surface area contributed by atoms with Crippen LogP contribution in [0.2, 0.25) is 0 Å². The van der Waals surface area contributed by atoms with E-state index in [2.05, 4.69) is 10.0 Å². The lowest BCUT2D eigenvalue weighted by molar-refractivity contribution is 0.0936. The fraction of sp³-hybridized carbons (Fsp3) is 0.240. The molecule has 1 amide bonds. The van der Waals surface area contributed by atoms with Gasteiger partial charge in [0.15, 0.2) is 0 Å². The Hall–Kier alpha value is -3.32. The molecule has 1 unspecified atom stereocenters. The van der Waals surface area contributed by atoms with Crippen molar-refractivity contribution in [1.29, 1.82) is 0 Å². The van der Waals surface area contributed by atoms with Crippen molar-refractivity contribution in [3.8, 4) is 5.75 Å². The van der Waals surface area contributed by atoms with Gasteiger partial charge in [0.05, 0.1) is 23.3 Å². The minimum Gasteiger partial charge on any atom is -0.497 e. The Morgan fingerprint density at radius 2 is 1.69 bits per heavy atom. The molecule has 0 heterocycles. The Bertz CT molecular complexity index is 1160. The average molecular weight is 453 g/mol. The van der Waals surface area contributed by atoms with E-state index in [0.717, 1.165) is 17.5 Å². The molecule has 32 heavy (non-hydrogen) atoms. The Morgan fingerprint density at radius 3 is 2.31 bits per heavy atom. The van der Waals surface area contributed by atoms with Crippen molar-refractivity contribution in [3.05, 3.63) is 89.5 Å². The number of carbonyl (C=O) groups is 1. The number of hydrogen-bond donors (Lipinski definition) is 2. The van der Waals surface area contributed by atoms with E-state index >= 15 is 0 Å². The summed E-state index contributed by atoms with van der Waals surface area (Å²) in [7, 11) is -2.36. The van der Waals surface area contributed by atoms with Crippen molar-refractivity contribution >= 4 is 21.6 Å². The molecule has 0 aliphatic carbocycles. The lowest BCUT2D eigenvalue weighted by Crippen LogP contribution is -2.36. The topological polar surface area (TPSA) is 84.5 Å². The number of sulfonamides is 1. The van der Waals surface area contributed by atoms with Crippen LogP contribution in [0.5, 0.6) is 5.75 Å². The fourth-order valence-electron chi connectivity index (χ4n) is 3.31. The second kappa shape index (κ2) is 10.3. The summed E-state index contributed by atoms with van der Waals surface area (Å²) < 4.78 is 33.6. The molecule has 0 saturated carbocycles. The highest BCUT2D eigenvalue weighted by Crippen LogP contribution is 2.25. The number of nitrogens with one attached hydrogen (secondary N) is 2. The first-order valence-corrected chi connectivity index (χ1v) is 11.9. The molecule has 0 fully saturated rings. The quantitative estimate of drug-likeness (QED) is 0.499. The van der Waals surface area contributed by atoms with E-state index in [-0.39, 0.29) is 28.1 Å². The predicted octanol–water partition coefficient (Wildman–Crippen LogP) is 4.56. The molecule has 0 spiro atoms. The van der Waals surface area contributed by atoms with Crippen LogP contribution in [-0.4, -0.2) is 27.5 Å². The van der Waals surface area contributed by atoms with E-state index in [1.807, 2.05) is 44.2 Å². The molecular formula is C25H28N2O4S. The van der Waals surface area contributed by atoms with Gasteiger partial charge in [0.2, 0.25) is 0 Å². The summed E-state index contributed by atoms with van der Waals surface area (Å²) in [6, 6.07) is 21.0. The van der Waals surface area contributed by atoms with Gasteiger partial charge in [-0.2, -0.15) is 0 Å². The third-order valence-electron chi connectivity index (χ3n) is 5.20. The summed E-state index contributed by atoms with van der Waals surface area (Å²) in [4.78, 5) is 13.3. The zero-order valence-electron chi connectivity index (χ0n) is 18.5. The minimum absolute atomic E-state index is 0.0994. The first kappa shape index (κ1) is 23.3. The number of ether oxygens (including phenoxy) is 1. The fourth-order valence-corrected chi connectivity index (χ4v) is 4.39. The van der Waals surface area contributed by atoms with Crippen molar-refractivity contribution in [2.45, 2.75) is 37.6 Å². The van der Waals surface area contributed by atoms with Gasteiger partial charge < -0.3 is 10.1 Å². The maximum atomic E-state index is 13.2. The number of benzene rings is 3. The molecule has 0 bridgehead atoms. The maximum Gasteiger partial charge on any atom is 0.261 e. The number of amides is 1. The van der Waals surface area contributed by atoms with Crippen LogP contribution in [0.25, 0.3) is 0 Å². The Kier molecular flexibility index (Phi) is 7.53. The number of aryl methyl sites for hydroxylation is 1. The van der Waals surface area contributed by atoms with Crippen LogP contribution in [0.3, 0.4) is 0 Å². The average Bonchev–Trinajstić information content (AvgIpc) is 2.79. The van der Waals surface area contributed by atoms with Gasteiger partial charge in [0.25, 0.3) is 15.9 Å². The van der Waals surface area contributed by atoms with E-state index in [1.165, 1.54) is 31.4 Å². The predicted molar refractivity (Wildman–Crippen MR) is 127 cm³/mol. The molecule has 7 heteroatoms. The van der Waals surface area contributed by atoms with E-state index < -0.39 is 10.0 Å². The zero-order chi connectivity index (χ0) is 23.1. The van der Waals surface area contributed by atoms with Crippen LogP contribution >= 0.6 is 0 Å². The van der Waals surface area contributed by atoms with Gasteiger partial charge in [-0.1, -0.05) is 55.0 Å². The highest BCUT2D eigenvalue weighted by molar-refractivity contribution is 7.92. The summed E-state index contributed by atoms with van der Waals surface area (Å²) in [5, 5.41) is 3.03. The smallest absolute Gasteiger partial charge is 0.261 e. The van der Waals surface area contributed by atoms with Gasteiger partial charge >= 0.3 is 0 Å². The zero-order valence-corrected chi connectivity index (χ0v) is 19.3.